The third-order valence-electron chi connectivity index (χ3n) is 3.30. The summed E-state index contributed by atoms with van der Waals surface area (Å²) in [5, 5.41) is 0. The summed E-state index contributed by atoms with van der Waals surface area (Å²) in [5.74, 6) is 0.601. The minimum absolute atomic E-state index is 0.00676. The normalized spacial score (nSPS) is 19.1. The lowest BCUT2D eigenvalue weighted by Gasteiger charge is -2.24. The van der Waals surface area contributed by atoms with Crippen LogP contribution in [0.15, 0.2) is 22.7 Å². The molecule has 1 saturated heterocycles. The molecule has 0 spiro atoms. The number of methoxy groups -OCH3 is 1. The Bertz CT molecular complexity index is 451. The fourth-order valence-corrected chi connectivity index (χ4v) is 2.68. The monoisotopic (exact) mass is 312 g/mol. The van der Waals surface area contributed by atoms with Crippen LogP contribution in [0.4, 0.5) is 0 Å². The van der Waals surface area contributed by atoms with Gasteiger partial charge in [-0.2, -0.15) is 0 Å². The van der Waals surface area contributed by atoms with Gasteiger partial charge in [0.2, 0.25) is 0 Å². The molecule has 2 N–H and O–H groups in total. The van der Waals surface area contributed by atoms with E-state index in [2.05, 4.69) is 15.9 Å². The Kier molecular flexibility index (Phi) is 4.24. The van der Waals surface area contributed by atoms with Gasteiger partial charge in [0.25, 0.3) is 5.91 Å². The van der Waals surface area contributed by atoms with Gasteiger partial charge in [-0.15, -0.1) is 0 Å². The number of halogens is 1. The predicted molar refractivity (Wildman–Crippen MR) is 73.8 cm³/mol. The van der Waals surface area contributed by atoms with Gasteiger partial charge in [-0.05, 0) is 31.0 Å². The van der Waals surface area contributed by atoms with Crippen LogP contribution in [0, 0.1) is 0 Å². The van der Waals surface area contributed by atoms with E-state index in [0.29, 0.717) is 17.9 Å². The molecule has 1 fully saturated rings. The largest absolute Gasteiger partial charge is 0.496 e. The fraction of sp³-hybridized carbons (Fsp3) is 0.462. The number of nitrogens with zero attached hydrogens (tertiary/aromatic N) is 1. The number of amides is 1. The van der Waals surface area contributed by atoms with Crippen LogP contribution < -0.4 is 10.5 Å². The van der Waals surface area contributed by atoms with Gasteiger partial charge in [0, 0.05) is 23.6 Å². The Morgan fingerprint density at radius 3 is 3.06 bits per heavy atom. The van der Waals surface area contributed by atoms with Crippen LogP contribution >= 0.6 is 15.9 Å². The van der Waals surface area contributed by atoms with Crippen LogP contribution in [0.2, 0.25) is 0 Å². The average Bonchev–Trinajstić information content (AvgIpc) is 2.86. The second-order valence-electron chi connectivity index (χ2n) is 4.37. The molecule has 1 amide bonds. The van der Waals surface area contributed by atoms with Crippen LogP contribution in [0.1, 0.15) is 23.2 Å². The number of carbonyl (C=O) groups is 1. The van der Waals surface area contributed by atoms with Crippen LogP contribution in [0.5, 0.6) is 5.75 Å². The molecule has 0 aromatic heterocycles. The molecule has 0 radical (unpaired) electrons. The van der Waals surface area contributed by atoms with Crippen LogP contribution in [-0.2, 0) is 0 Å². The second-order valence-corrected chi connectivity index (χ2v) is 5.29. The summed E-state index contributed by atoms with van der Waals surface area (Å²) < 4.78 is 6.16. The van der Waals surface area contributed by atoms with Gasteiger partial charge < -0.3 is 15.4 Å². The number of rotatable bonds is 3. The number of hydrogen-bond acceptors (Lipinski definition) is 3. The molecule has 1 aliphatic heterocycles. The molecule has 98 valence electrons. The summed E-state index contributed by atoms with van der Waals surface area (Å²) in [4.78, 5) is 14.3. The van der Waals surface area contributed by atoms with Crippen molar-refractivity contribution in [2.45, 2.75) is 18.9 Å². The topological polar surface area (TPSA) is 55.6 Å². The summed E-state index contributed by atoms with van der Waals surface area (Å²) >= 11 is 3.37. The van der Waals surface area contributed by atoms with Crippen LogP contribution in [-0.4, -0.2) is 37.0 Å². The lowest BCUT2D eigenvalue weighted by molar-refractivity contribution is 0.0738. The van der Waals surface area contributed by atoms with Gasteiger partial charge in [0.05, 0.1) is 12.7 Å². The maximum atomic E-state index is 12.5. The first-order chi connectivity index (χ1) is 8.67. The van der Waals surface area contributed by atoms with Crippen molar-refractivity contribution in [3.05, 3.63) is 28.2 Å². The number of hydrogen-bond donors (Lipinski definition) is 1. The molecule has 1 aromatic rings. The van der Waals surface area contributed by atoms with E-state index in [1.54, 1.807) is 19.2 Å². The lowest BCUT2D eigenvalue weighted by Crippen LogP contribution is -2.40. The Morgan fingerprint density at radius 1 is 1.61 bits per heavy atom. The van der Waals surface area contributed by atoms with Crippen LogP contribution in [0.25, 0.3) is 0 Å². The van der Waals surface area contributed by atoms with E-state index >= 15 is 0 Å². The van der Waals surface area contributed by atoms with E-state index in [1.165, 1.54) is 0 Å². The number of carbonyl (C=O) groups excluding carboxylic acids is 1. The predicted octanol–water partition coefficient (Wildman–Crippen LogP) is 2.02. The molecule has 5 heteroatoms. The van der Waals surface area contributed by atoms with Crippen LogP contribution in [0.3, 0.4) is 0 Å². The summed E-state index contributed by atoms with van der Waals surface area (Å²) in [7, 11) is 1.57. The van der Waals surface area contributed by atoms with Gasteiger partial charge >= 0.3 is 0 Å². The highest BCUT2D eigenvalue weighted by Crippen LogP contribution is 2.27. The number of nitrogens with two attached hydrogens (primary N) is 1. The molecule has 4 nitrogen and oxygen atoms in total. The molecular weight excluding hydrogens is 296 g/mol. The maximum absolute atomic E-state index is 12.5. The quantitative estimate of drug-likeness (QED) is 0.929. The van der Waals surface area contributed by atoms with Crippen molar-refractivity contribution in [2.75, 3.05) is 20.2 Å². The smallest absolute Gasteiger partial charge is 0.257 e. The van der Waals surface area contributed by atoms with E-state index in [9.17, 15) is 4.79 Å². The summed E-state index contributed by atoms with van der Waals surface area (Å²) in [6.07, 6.45) is 2.01. The number of ether oxygens (including phenoxy) is 1. The highest BCUT2D eigenvalue weighted by atomic mass is 79.9. The maximum Gasteiger partial charge on any atom is 0.257 e. The Balaban J connectivity index is 2.28. The van der Waals surface area contributed by atoms with Gasteiger partial charge in [-0.3, -0.25) is 4.79 Å². The van der Waals surface area contributed by atoms with Gasteiger partial charge in [-0.1, -0.05) is 15.9 Å². The minimum Gasteiger partial charge on any atom is -0.496 e. The second kappa shape index (κ2) is 5.71. The molecule has 1 aromatic carbocycles. The zero-order valence-electron chi connectivity index (χ0n) is 10.4. The van der Waals surface area contributed by atoms with E-state index < -0.39 is 0 Å². The minimum atomic E-state index is 0.00676. The average molecular weight is 313 g/mol. The molecule has 2 rings (SSSR count). The van der Waals surface area contributed by atoms with E-state index in [4.69, 9.17) is 10.5 Å². The molecule has 0 saturated carbocycles. The molecule has 1 heterocycles. The van der Waals surface area contributed by atoms with Gasteiger partial charge in [0.15, 0.2) is 0 Å². The molecular formula is C13H17BrN2O2. The van der Waals surface area contributed by atoms with Gasteiger partial charge in [-0.25, -0.2) is 0 Å². The molecule has 0 bridgehead atoms. The zero-order valence-corrected chi connectivity index (χ0v) is 11.9. The van der Waals surface area contributed by atoms with Gasteiger partial charge in [0.1, 0.15) is 5.75 Å². The SMILES string of the molecule is COc1cc(Br)ccc1C(=O)N1CCCC1CN. The number of benzene rings is 1. The Hall–Kier alpha value is -1.07. The molecule has 0 aliphatic carbocycles. The molecule has 18 heavy (non-hydrogen) atoms. The Morgan fingerprint density at radius 2 is 2.39 bits per heavy atom. The van der Waals surface area contributed by atoms with Crippen molar-refractivity contribution >= 4 is 21.8 Å². The standard InChI is InChI=1S/C13H17BrN2O2/c1-18-12-7-9(14)4-5-11(12)13(17)16-6-2-3-10(16)8-15/h4-5,7,10H,2-3,6,8,15H2,1H3. The summed E-state index contributed by atoms with van der Waals surface area (Å²) in [5.41, 5.74) is 6.30. The van der Waals surface area contributed by atoms with Crippen molar-refractivity contribution in [1.82, 2.24) is 4.90 Å². The fourth-order valence-electron chi connectivity index (χ4n) is 2.34. The summed E-state index contributed by atoms with van der Waals surface area (Å²) in [6.45, 7) is 1.30. The van der Waals surface area contributed by atoms with Crippen molar-refractivity contribution in [3.63, 3.8) is 0 Å². The van der Waals surface area contributed by atoms with E-state index in [-0.39, 0.29) is 11.9 Å². The molecule has 1 unspecified atom stereocenters. The first kappa shape index (κ1) is 13.4. The zero-order chi connectivity index (χ0) is 13.1. The third-order valence-corrected chi connectivity index (χ3v) is 3.80. The lowest BCUT2D eigenvalue weighted by atomic mass is 10.1. The third kappa shape index (κ3) is 2.52. The number of likely N-dealkylation sites (tertiary alicyclic amines) is 1. The summed E-state index contributed by atoms with van der Waals surface area (Å²) in [6, 6.07) is 5.60. The van der Waals surface area contributed by atoms with Crippen molar-refractivity contribution in [2.24, 2.45) is 5.73 Å². The first-order valence-electron chi connectivity index (χ1n) is 6.02. The highest BCUT2D eigenvalue weighted by Gasteiger charge is 2.29. The van der Waals surface area contributed by atoms with E-state index in [0.717, 1.165) is 23.9 Å². The molecule has 1 aliphatic rings. The van der Waals surface area contributed by atoms with E-state index in [1.807, 2.05) is 11.0 Å². The van der Waals surface area contributed by atoms with Crippen molar-refractivity contribution < 1.29 is 9.53 Å². The van der Waals surface area contributed by atoms with Crippen molar-refractivity contribution in [1.29, 1.82) is 0 Å². The first-order valence-corrected chi connectivity index (χ1v) is 6.81. The molecule has 1 atom stereocenters. The Labute approximate surface area is 115 Å². The van der Waals surface area contributed by atoms with Crippen molar-refractivity contribution in [3.8, 4) is 5.75 Å². The highest BCUT2D eigenvalue weighted by molar-refractivity contribution is 9.10.